The van der Waals surface area contributed by atoms with Gasteiger partial charge in [-0.2, -0.15) is 8.42 Å². The fraction of sp³-hybridized carbons (Fsp3) is 0.406. The highest BCUT2D eigenvalue weighted by Crippen LogP contribution is 2.56. The number of benzene rings is 2. The fourth-order valence-electron chi connectivity index (χ4n) is 6.43. The molecule has 0 radical (unpaired) electrons. The Morgan fingerprint density at radius 1 is 0.930 bits per heavy atom. The number of ketones is 2. The van der Waals surface area contributed by atoms with Gasteiger partial charge in [0.05, 0.1) is 5.02 Å². The quantitative estimate of drug-likeness (QED) is 0.339. The van der Waals surface area contributed by atoms with Crippen molar-refractivity contribution in [1.29, 1.82) is 0 Å². The number of carboxylic acids is 1. The van der Waals surface area contributed by atoms with Crippen LogP contribution < -0.4 is 4.18 Å². The number of hydrogen-bond acceptors (Lipinski definition) is 7. The minimum atomic E-state index is -4.39. The molecule has 11 heteroatoms. The number of aliphatic carboxylic acids is 1. The van der Waals surface area contributed by atoms with Crippen molar-refractivity contribution < 1.29 is 32.1 Å². The number of nitrogens with zero attached hydrogens (tertiary/aromatic N) is 1. The van der Waals surface area contributed by atoms with Gasteiger partial charge in [-0.15, -0.1) is 0 Å². The van der Waals surface area contributed by atoms with Crippen molar-refractivity contribution in [1.82, 2.24) is 4.90 Å². The zero-order valence-electron chi connectivity index (χ0n) is 24.6. The Balaban J connectivity index is 1.80. The molecule has 0 spiro atoms. The molecule has 3 aliphatic rings. The molecule has 0 amide bonds. The lowest BCUT2D eigenvalue weighted by Gasteiger charge is -2.48. The van der Waals surface area contributed by atoms with Gasteiger partial charge in [-0.05, 0) is 54.9 Å². The first kappa shape index (κ1) is 31.3. The molecule has 0 aromatic heterocycles. The third kappa shape index (κ3) is 5.99. The van der Waals surface area contributed by atoms with Gasteiger partial charge in [0.15, 0.2) is 17.3 Å². The maximum Gasteiger partial charge on any atom is 0.339 e. The zero-order valence-corrected chi connectivity index (χ0v) is 26.9. The highest BCUT2D eigenvalue weighted by atomic mass is 35.5. The average molecular weight is 647 g/mol. The lowest BCUT2D eigenvalue weighted by atomic mass is 9.63. The minimum absolute atomic E-state index is 0.0999. The standard InChI is InChI=1S/C32H33Cl2NO7S/c1-17-6-8-19(9-7-17)43(40,41)42-30-20(10-18(33)11-21(30)34)27-28-22(12-31(2,3)14-24(28)36)35(16-26(38)39)23-13-32(4,5)15-25(37)29(23)27/h6-11,27H,12-16H2,1-5H3,(H,38,39). The Hall–Kier alpha value is -3.14. The Morgan fingerprint density at radius 2 is 1.44 bits per heavy atom. The zero-order chi connectivity index (χ0) is 31.6. The largest absolute Gasteiger partial charge is 0.480 e. The molecule has 1 heterocycles. The maximum absolute atomic E-state index is 14.0. The van der Waals surface area contributed by atoms with Crippen molar-refractivity contribution >= 4 is 50.9 Å². The van der Waals surface area contributed by atoms with Gasteiger partial charge in [0, 0.05) is 51.9 Å². The van der Waals surface area contributed by atoms with Gasteiger partial charge in [0.2, 0.25) is 0 Å². The number of rotatable bonds is 6. The number of allylic oxidation sites excluding steroid dienone is 4. The van der Waals surface area contributed by atoms with Crippen LogP contribution >= 0.6 is 23.2 Å². The highest BCUT2D eigenvalue weighted by Gasteiger charge is 2.50. The topological polar surface area (TPSA) is 118 Å². The molecule has 2 aliphatic carbocycles. The molecule has 1 aliphatic heterocycles. The van der Waals surface area contributed by atoms with Gasteiger partial charge >= 0.3 is 16.1 Å². The molecule has 43 heavy (non-hydrogen) atoms. The Bertz CT molecular complexity index is 1680. The Morgan fingerprint density at radius 3 is 1.93 bits per heavy atom. The van der Waals surface area contributed by atoms with E-state index in [2.05, 4.69) is 0 Å². The van der Waals surface area contributed by atoms with Gasteiger partial charge < -0.3 is 14.2 Å². The van der Waals surface area contributed by atoms with Crippen molar-refractivity contribution in [2.75, 3.05) is 6.54 Å². The lowest BCUT2D eigenvalue weighted by Crippen LogP contribution is -2.45. The molecule has 1 N–H and O–H groups in total. The second kappa shape index (κ2) is 10.8. The van der Waals surface area contributed by atoms with Crippen LogP contribution in [0.1, 0.15) is 70.4 Å². The Labute approximate surface area is 261 Å². The van der Waals surface area contributed by atoms with Crippen molar-refractivity contribution in [3.63, 3.8) is 0 Å². The third-order valence-electron chi connectivity index (χ3n) is 8.17. The van der Waals surface area contributed by atoms with E-state index in [1.165, 1.54) is 24.3 Å². The van der Waals surface area contributed by atoms with Gasteiger partial charge in [-0.25, -0.2) is 0 Å². The van der Waals surface area contributed by atoms with Gasteiger partial charge in [0.1, 0.15) is 11.4 Å². The van der Waals surface area contributed by atoms with E-state index in [0.717, 1.165) is 5.56 Å². The average Bonchev–Trinajstić information content (AvgIpc) is 2.85. The number of halogens is 2. The molecule has 8 nitrogen and oxygen atoms in total. The molecule has 0 unspecified atom stereocenters. The summed E-state index contributed by atoms with van der Waals surface area (Å²) in [5.74, 6) is -2.93. The molecule has 2 aromatic rings. The summed E-state index contributed by atoms with van der Waals surface area (Å²) in [6, 6.07) is 8.92. The molecule has 0 bridgehead atoms. The van der Waals surface area contributed by atoms with E-state index < -0.39 is 39.4 Å². The molecule has 5 rings (SSSR count). The van der Waals surface area contributed by atoms with E-state index in [9.17, 15) is 27.9 Å². The van der Waals surface area contributed by atoms with Gasteiger partial charge in [-0.1, -0.05) is 68.6 Å². The fourth-order valence-corrected chi connectivity index (χ4v) is 7.99. The normalized spacial score (nSPS) is 20.2. The molecule has 0 saturated heterocycles. The van der Waals surface area contributed by atoms with Crippen LogP contribution in [-0.4, -0.2) is 42.5 Å². The van der Waals surface area contributed by atoms with Crippen molar-refractivity contribution in [2.24, 2.45) is 10.8 Å². The van der Waals surface area contributed by atoms with Crippen LogP contribution in [0.25, 0.3) is 0 Å². The van der Waals surface area contributed by atoms with E-state index in [1.54, 1.807) is 17.0 Å². The SMILES string of the molecule is Cc1ccc(S(=O)(=O)Oc2c(Cl)cc(Cl)cc2C2C3=C(CC(C)(C)CC3=O)N(CC(=O)O)C3=C2C(=O)CC(C)(C)C3)cc1. The van der Waals surface area contributed by atoms with E-state index in [0.29, 0.717) is 24.2 Å². The summed E-state index contributed by atoms with van der Waals surface area (Å²) in [4.78, 5) is 41.6. The first-order valence-corrected chi connectivity index (χ1v) is 16.1. The van der Waals surface area contributed by atoms with Crippen molar-refractivity contribution in [3.05, 3.63) is 80.1 Å². The van der Waals surface area contributed by atoms with Crippen molar-refractivity contribution in [3.8, 4) is 5.75 Å². The Kier molecular flexibility index (Phi) is 7.85. The van der Waals surface area contributed by atoms with Crippen LogP contribution in [0.5, 0.6) is 5.75 Å². The molecule has 0 saturated carbocycles. The summed E-state index contributed by atoms with van der Waals surface area (Å²) in [6.45, 7) is 9.12. The number of aryl methyl sites for hydroxylation is 1. The van der Waals surface area contributed by atoms with E-state index in [-0.39, 0.29) is 61.8 Å². The first-order chi connectivity index (χ1) is 19.9. The lowest BCUT2D eigenvalue weighted by molar-refractivity contribution is -0.138. The number of hydrogen-bond donors (Lipinski definition) is 1. The monoisotopic (exact) mass is 645 g/mol. The van der Waals surface area contributed by atoms with Crippen molar-refractivity contribution in [2.45, 2.75) is 71.1 Å². The maximum atomic E-state index is 14.0. The van der Waals surface area contributed by atoms with E-state index >= 15 is 0 Å². The predicted octanol–water partition coefficient (Wildman–Crippen LogP) is 6.84. The van der Waals surface area contributed by atoms with Crippen LogP contribution in [-0.2, 0) is 24.5 Å². The minimum Gasteiger partial charge on any atom is -0.480 e. The summed E-state index contributed by atoms with van der Waals surface area (Å²) in [5, 5.41) is 9.96. The molecular weight excluding hydrogens is 613 g/mol. The van der Waals surface area contributed by atoms with Crippen LogP contribution in [0.3, 0.4) is 0 Å². The first-order valence-electron chi connectivity index (χ1n) is 13.9. The molecular formula is C32H33Cl2NO7S. The van der Waals surface area contributed by atoms with E-state index in [1.807, 2.05) is 34.6 Å². The number of carbonyl (C=O) groups is 3. The molecule has 2 aromatic carbocycles. The highest BCUT2D eigenvalue weighted by molar-refractivity contribution is 7.87. The number of carboxylic acid groups (broad SMARTS) is 1. The van der Waals surface area contributed by atoms with Gasteiger partial charge in [-0.3, -0.25) is 14.4 Å². The van der Waals surface area contributed by atoms with Crippen LogP contribution in [0.2, 0.25) is 10.0 Å². The van der Waals surface area contributed by atoms with Crippen LogP contribution in [0.4, 0.5) is 0 Å². The van der Waals surface area contributed by atoms with E-state index in [4.69, 9.17) is 27.4 Å². The number of Topliss-reactive ketones (excluding diaryl/α,β-unsaturated/α-hetero) is 2. The summed E-state index contributed by atoms with van der Waals surface area (Å²) in [7, 11) is -4.39. The molecule has 0 atom stereocenters. The van der Waals surface area contributed by atoms with Crippen LogP contribution in [0.15, 0.2) is 63.8 Å². The summed E-state index contributed by atoms with van der Waals surface area (Å²) in [6.07, 6.45) is 1.04. The predicted molar refractivity (Wildman–Crippen MR) is 163 cm³/mol. The molecule has 228 valence electrons. The summed E-state index contributed by atoms with van der Waals surface area (Å²) < 4.78 is 32.7. The second-order valence-electron chi connectivity index (χ2n) is 13.2. The number of carbonyl (C=O) groups excluding carboxylic acids is 2. The summed E-state index contributed by atoms with van der Waals surface area (Å²) in [5.41, 5.74) is 1.53. The summed E-state index contributed by atoms with van der Waals surface area (Å²) >= 11 is 13.1. The third-order valence-corrected chi connectivity index (χ3v) is 9.90. The smallest absolute Gasteiger partial charge is 0.339 e. The molecule has 0 fully saturated rings. The van der Waals surface area contributed by atoms with Crippen LogP contribution in [0, 0.1) is 17.8 Å². The van der Waals surface area contributed by atoms with Gasteiger partial charge in [0.25, 0.3) is 0 Å². The second-order valence-corrected chi connectivity index (χ2v) is 15.6.